The fraction of sp³-hybridized carbons (Fsp3) is 0.500. The normalized spacial score (nSPS) is 18.2. The Labute approximate surface area is 92.3 Å². The fourth-order valence-electron chi connectivity index (χ4n) is 1.65. The van der Waals surface area contributed by atoms with Gasteiger partial charge in [0.1, 0.15) is 0 Å². The molecule has 0 aliphatic carbocycles. The highest BCUT2D eigenvalue weighted by Gasteiger charge is 2.10. The van der Waals surface area contributed by atoms with Crippen molar-refractivity contribution in [2.75, 3.05) is 19.6 Å². The lowest BCUT2D eigenvalue weighted by Gasteiger charge is -2.24. The van der Waals surface area contributed by atoms with Crippen LogP contribution < -0.4 is 0 Å². The van der Waals surface area contributed by atoms with E-state index in [2.05, 4.69) is 37.1 Å². The summed E-state index contributed by atoms with van der Waals surface area (Å²) in [5.74, 6) is 0. The molecule has 0 saturated carbocycles. The van der Waals surface area contributed by atoms with Crippen molar-refractivity contribution in [1.82, 2.24) is 15.1 Å². The molecule has 1 aromatic rings. The third-order valence-electron chi connectivity index (χ3n) is 2.46. The second-order valence-corrected chi connectivity index (χ2v) is 4.59. The van der Waals surface area contributed by atoms with Crippen LogP contribution in [0.15, 0.2) is 23.0 Å². The van der Waals surface area contributed by atoms with Crippen molar-refractivity contribution in [2.24, 2.45) is 0 Å². The van der Waals surface area contributed by atoms with Crippen LogP contribution in [-0.2, 0) is 6.42 Å². The highest BCUT2D eigenvalue weighted by Crippen LogP contribution is 2.14. The summed E-state index contributed by atoms with van der Waals surface area (Å²) in [5, 5.41) is 6.77. The Morgan fingerprint density at radius 2 is 2.50 bits per heavy atom. The lowest BCUT2D eigenvalue weighted by atomic mass is 10.2. The molecule has 1 N–H and O–H groups in total. The highest BCUT2D eigenvalue weighted by atomic mass is 79.9. The Kier molecular flexibility index (Phi) is 3.37. The second-order valence-electron chi connectivity index (χ2n) is 3.57. The lowest BCUT2D eigenvalue weighted by molar-refractivity contribution is 0.300. The molecule has 0 fully saturated rings. The van der Waals surface area contributed by atoms with E-state index in [1.54, 1.807) is 0 Å². The first-order chi connectivity index (χ1) is 6.84. The summed E-state index contributed by atoms with van der Waals surface area (Å²) in [5.41, 5.74) is 1.29. The molecule has 0 radical (unpaired) electrons. The van der Waals surface area contributed by atoms with Gasteiger partial charge in [0, 0.05) is 30.3 Å². The molecule has 0 amide bonds. The van der Waals surface area contributed by atoms with Crippen molar-refractivity contribution < 1.29 is 0 Å². The maximum absolute atomic E-state index is 3.94. The average molecular weight is 256 g/mol. The van der Waals surface area contributed by atoms with Crippen LogP contribution in [0.5, 0.6) is 0 Å². The van der Waals surface area contributed by atoms with Gasteiger partial charge in [-0.3, -0.25) is 10.00 Å². The molecule has 2 rings (SSSR count). The number of aromatic nitrogens is 2. The van der Waals surface area contributed by atoms with Crippen LogP contribution in [0.25, 0.3) is 0 Å². The molecule has 1 aliphatic rings. The van der Waals surface area contributed by atoms with Gasteiger partial charge in [0.25, 0.3) is 0 Å². The first-order valence-electron chi connectivity index (χ1n) is 4.89. The van der Waals surface area contributed by atoms with Crippen molar-refractivity contribution in [3.63, 3.8) is 0 Å². The summed E-state index contributed by atoms with van der Waals surface area (Å²) in [7, 11) is 0. The first kappa shape index (κ1) is 9.93. The molecule has 0 atom stereocenters. The predicted octanol–water partition coefficient (Wildman–Crippen LogP) is 1.94. The quantitative estimate of drug-likeness (QED) is 0.896. The van der Waals surface area contributed by atoms with Crippen LogP contribution >= 0.6 is 15.9 Å². The van der Waals surface area contributed by atoms with Gasteiger partial charge in [0.15, 0.2) is 0 Å². The predicted molar refractivity (Wildman–Crippen MR) is 60.4 cm³/mol. The Morgan fingerprint density at radius 3 is 3.21 bits per heavy atom. The molecule has 1 aromatic heterocycles. The molecule has 14 heavy (non-hydrogen) atoms. The van der Waals surface area contributed by atoms with E-state index in [1.165, 1.54) is 16.6 Å². The summed E-state index contributed by atoms with van der Waals surface area (Å²) in [6.45, 7) is 3.34. The molecule has 0 unspecified atom stereocenters. The molecule has 0 saturated heterocycles. The van der Waals surface area contributed by atoms with E-state index >= 15 is 0 Å². The molecular formula is C10H14BrN3. The number of nitrogens with zero attached hydrogens (tertiary/aromatic N) is 2. The molecule has 4 heteroatoms. The maximum atomic E-state index is 3.94. The first-order valence-corrected chi connectivity index (χ1v) is 5.68. The topological polar surface area (TPSA) is 31.9 Å². The molecular weight excluding hydrogens is 242 g/mol. The number of rotatable bonds is 3. The van der Waals surface area contributed by atoms with Crippen molar-refractivity contribution in [1.29, 1.82) is 0 Å². The number of hydrogen-bond donors (Lipinski definition) is 1. The standard InChI is InChI=1S/C10H14BrN3/c11-10-2-1-4-14(8-10)5-3-9-6-12-13-7-9/h2,6-7H,1,3-5,8H2,(H,12,13). The van der Waals surface area contributed by atoms with Crippen LogP contribution in [0.1, 0.15) is 12.0 Å². The Morgan fingerprint density at radius 1 is 1.57 bits per heavy atom. The van der Waals surface area contributed by atoms with E-state index < -0.39 is 0 Å². The molecule has 1 aliphatic heterocycles. The van der Waals surface area contributed by atoms with Crippen molar-refractivity contribution in [3.05, 3.63) is 28.5 Å². The van der Waals surface area contributed by atoms with E-state index in [0.717, 1.165) is 25.9 Å². The number of hydrogen-bond acceptors (Lipinski definition) is 2. The minimum Gasteiger partial charge on any atom is -0.298 e. The minimum atomic E-state index is 1.05. The van der Waals surface area contributed by atoms with Crippen LogP contribution in [-0.4, -0.2) is 34.7 Å². The van der Waals surface area contributed by atoms with Crippen molar-refractivity contribution in [2.45, 2.75) is 12.8 Å². The zero-order valence-electron chi connectivity index (χ0n) is 8.04. The molecule has 3 nitrogen and oxygen atoms in total. The highest BCUT2D eigenvalue weighted by molar-refractivity contribution is 9.11. The summed E-state index contributed by atoms with van der Waals surface area (Å²) in [4.78, 5) is 2.46. The molecule has 0 bridgehead atoms. The van der Waals surface area contributed by atoms with Crippen LogP contribution in [0, 0.1) is 0 Å². The van der Waals surface area contributed by atoms with E-state index in [1.807, 2.05) is 12.4 Å². The zero-order chi connectivity index (χ0) is 9.80. The van der Waals surface area contributed by atoms with Crippen molar-refractivity contribution >= 4 is 15.9 Å². The Hall–Kier alpha value is -0.610. The Balaban J connectivity index is 1.79. The average Bonchev–Trinajstić information content (AvgIpc) is 2.67. The third-order valence-corrected chi connectivity index (χ3v) is 3.03. The fourth-order valence-corrected chi connectivity index (χ4v) is 2.24. The van der Waals surface area contributed by atoms with Gasteiger partial charge < -0.3 is 0 Å². The summed E-state index contributed by atoms with van der Waals surface area (Å²) in [6.07, 6.45) is 8.36. The monoisotopic (exact) mass is 255 g/mol. The van der Waals surface area contributed by atoms with Gasteiger partial charge in [-0.05, 0) is 18.4 Å². The van der Waals surface area contributed by atoms with E-state index in [-0.39, 0.29) is 0 Å². The number of H-pyrrole nitrogens is 1. The summed E-state index contributed by atoms with van der Waals surface area (Å²) in [6, 6.07) is 0. The number of aromatic amines is 1. The minimum absolute atomic E-state index is 1.05. The Bertz CT molecular complexity index is 305. The van der Waals surface area contributed by atoms with E-state index in [0.29, 0.717) is 0 Å². The number of nitrogens with one attached hydrogen (secondary N) is 1. The molecule has 76 valence electrons. The van der Waals surface area contributed by atoms with Gasteiger partial charge >= 0.3 is 0 Å². The van der Waals surface area contributed by atoms with Gasteiger partial charge in [-0.25, -0.2) is 0 Å². The lowest BCUT2D eigenvalue weighted by Crippen LogP contribution is -2.30. The van der Waals surface area contributed by atoms with Crippen molar-refractivity contribution in [3.8, 4) is 0 Å². The van der Waals surface area contributed by atoms with Gasteiger partial charge in [-0.1, -0.05) is 22.0 Å². The van der Waals surface area contributed by atoms with Crippen LogP contribution in [0.2, 0.25) is 0 Å². The summed E-state index contributed by atoms with van der Waals surface area (Å²) < 4.78 is 1.32. The molecule has 2 heterocycles. The van der Waals surface area contributed by atoms with Gasteiger partial charge in [-0.2, -0.15) is 5.10 Å². The molecule has 0 aromatic carbocycles. The SMILES string of the molecule is BrC1=CCCN(CCc2cn[nH]c2)C1. The maximum Gasteiger partial charge on any atom is 0.0519 e. The summed E-state index contributed by atoms with van der Waals surface area (Å²) >= 11 is 3.55. The van der Waals surface area contributed by atoms with E-state index in [4.69, 9.17) is 0 Å². The smallest absolute Gasteiger partial charge is 0.0519 e. The van der Waals surface area contributed by atoms with Gasteiger partial charge in [-0.15, -0.1) is 0 Å². The number of halogens is 1. The van der Waals surface area contributed by atoms with E-state index in [9.17, 15) is 0 Å². The zero-order valence-corrected chi connectivity index (χ0v) is 9.63. The van der Waals surface area contributed by atoms with Gasteiger partial charge in [0.2, 0.25) is 0 Å². The molecule has 0 spiro atoms. The van der Waals surface area contributed by atoms with Crippen LogP contribution in [0.3, 0.4) is 0 Å². The largest absolute Gasteiger partial charge is 0.298 e. The third kappa shape index (κ3) is 2.69. The van der Waals surface area contributed by atoms with Crippen LogP contribution in [0.4, 0.5) is 0 Å². The van der Waals surface area contributed by atoms with Gasteiger partial charge in [0.05, 0.1) is 6.20 Å². The second kappa shape index (κ2) is 4.75.